The zero-order chi connectivity index (χ0) is 23.9. The van der Waals surface area contributed by atoms with Crippen molar-refractivity contribution in [3.05, 3.63) is 66.2 Å². The van der Waals surface area contributed by atoms with Gasteiger partial charge in [0.05, 0.1) is 26.9 Å². The first-order valence-electron chi connectivity index (χ1n) is 11.5. The van der Waals surface area contributed by atoms with E-state index >= 15 is 0 Å². The number of methoxy groups -OCH3 is 1. The number of esters is 1. The maximum atomic E-state index is 11.7. The van der Waals surface area contributed by atoms with E-state index in [0.29, 0.717) is 24.7 Å². The molecule has 0 bridgehead atoms. The summed E-state index contributed by atoms with van der Waals surface area (Å²) in [5.74, 6) is 1.59. The third-order valence-electron chi connectivity index (χ3n) is 5.05. The van der Waals surface area contributed by atoms with Crippen LogP contribution in [-0.2, 0) is 20.7 Å². The lowest BCUT2D eigenvalue weighted by Crippen LogP contribution is -2.15. The van der Waals surface area contributed by atoms with Gasteiger partial charge in [-0.2, -0.15) is 0 Å². The highest BCUT2D eigenvalue weighted by Crippen LogP contribution is 2.32. The lowest BCUT2D eigenvalue weighted by atomic mass is 10.1. The predicted molar refractivity (Wildman–Crippen MR) is 129 cm³/mol. The first-order chi connectivity index (χ1) is 16.1. The van der Waals surface area contributed by atoms with Crippen LogP contribution in [0.25, 0.3) is 0 Å². The molecule has 1 atom stereocenters. The number of ether oxygens (including phenoxy) is 5. The highest BCUT2D eigenvalue weighted by atomic mass is 16.6. The molecule has 2 aromatic carbocycles. The molecule has 0 saturated carbocycles. The van der Waals surface area contributed by atoms with Gasteiger partial charge in [-0.1, -0.05) is 44.5 Å². The molecule has 0 aliphatic rings. The lowest BCUT2D eigenvalue weighted by Gasteiger charge is -2.19. The van der Waals surface area contributed by atoms with Crippen molar-refractivity contribution in [2.45, 2.75) is 45.6 Å². The van der Waals surface area contributed by atoms with E-state index in [2.05, 4.69) is 25.6 Å². The molecule has 2 rings (SSSR count). The summed E-state index contributed by atoms with van der Waals surface area (Å²) in [7, 11) is 1.58. The van der Waals surface area contributed by atoms with Gasteiger partial charge < -0.3 is 23.7 Å². The van der Waals surface area contributed by atoms with E-state index < -0.39 is 12.1 Å². The summed E-state index contributed by atoms with van der Waals surface area (Å²) < 4.78 is 28.1. The van der Waals surface area contributed by atoms with Crippen LogP contribution >= 0.6 is 0 Å². The summed E-state index contributed by atoms with van der Waals surface area (Å²) >= 11 is 0. The van der Waals surface area contributed by atoms with Crippen molar-refractivity contribution in [1.82, 2.24) is 0 Å². The Kier molecular flexibility index (Phi) is 11.9. The van der Waals surface area contributed by atoms with E-state index in [1.807, 2.05) is 31.2 Å². The molecule has 33 heavy (non-hydrogen) atoms. The van der Waals surface area contributed by atoms with Crippen molar-refractivity contribution < 1.29 is 28.5 Å². The molecule has 2 aromatic rings. The number of hydrogen-bond donors (Lipinski definition) is 0. The van der Waals surface area contributed by atoms with Crippen molar-refractivity contribution in [2.24, 2.45) is 0 Å². The van der Waals surface area contributed by atoms with E-state index in [1.54, 1.807) is 13.2 Å². The maximum absolute atomic E-state index is 11.7. The number of hydrogen-bond acceptors (Lipinski definition) is 6. The Morgan fingerprint density at radius 3 is 2.45 bits per heavy atom. The molecule has 0 aromatic heterocycles. The fraction of sp³-hybridized carbons (Fsp3) is 0.444. The monoisotopic (exact) mass is 456 g/mol. The van der Waals surface area contributed by atoms with Gasteiger partial charge in [0.15, 0.2) is 17.6 Å². The third kappa shape index (κ3) is 9.18. The van der Waals surface area contributed by atoms with Crippen molar-refractivity contribution in [3.8, 4) is 17.2 Å². The predicted octanol–water partition coefficient (Wildman–Crippen LogP) is 5.69. The van der Waals surface area contributed by atoms with Crippen LogP contribution in [0.2, 0.25) is 0 Å². The first kappa shape index (κ1) is 26.3. The summed E-state index contributed by atoms with van der Waals surface area (Å²) in [6.45, 7) is 9.54. The zero-order valence-electron chi connectivity index (χ0n) is 20.0. The summed E-state index contributed by atoms with van der Waals surface area (Å²) in [6.07, 6.45) is 4.79. The van der Waals surface area contributed by atoms with Gasteiger partial charge >= 0.3 is 5.97 Å². The second kappa shape index (κ2) is 15.0. The summed E-state index contributed by atoms with van der Waals surface area (Å²) in [6, 6.07) is 13.6. The number of benzene rings is 2. The molecule has 0 aliphatic heterocycles. The third-order valence-corrected chi connectivity index (χ3v) is 5.05. The van der Waals surface area contributed by atoms with Crippen LogP contribution in [0, 0.1) is 0 Å². The highest BCUT2D eigenvalue weighted by molar-refractivity contribution is 5.81. The first-order valence-corrected chi connectivity index (χ1v) is 11.5. The molecule has 0 radical (unpaired) electrons. The molecule has 6 heteroatoms. The normalized spacial score (nSPS) is 11.5. The molecule has 0 spiro atoms. The highest BCUT2D eigenvalue weighted by Gasteiger charge is 2.18. The zero-order valence-corrected chi connectivity index (χ0v) is 20.0. The molecule has 0 fully saturated rings. The van der Waals surface area contributed by atoms with Gasteiger partial charge in [0.2, 0.25) is 0 Å². The minimum atomic E-state index is -0.555. The average molecular weight is 457 g/mol. The smallest absolute Gasteiger partial charge is 0.330 e. The Morgan fingerprint density at radius 2 is 1.79 bits per heavy atom. The van der Waals surface area contributed by atoms with E-state index in [0.717, 1.165) is 36.8 Å². The number of unbranched alkanes of at least 4 members (excludes halogenated alkanes) is 2. The molecule has 0 aliphatic carbocycles. The van der Waals surface area contributed by atoms with Crippen LogP contribution in [0.4, 0.5) is 0 Å². The van der Waals surface area contributed by atoms with Crippen LogP contribution in [-0.4, -0.2) is 39.5 Å². The van der Waals surface area contributed by atoms with Crippen LogP contribution < -0.4 is 14.2 Å². The molecule has 0 N–H and O–H groups in total. The summed E-state index contributed by atoms with van der Waals surface area (Å²) in [5, 5.41) is 0. The Bertz CT molecular complexity index is 846. The summed E-state index contributed by atoms with van der Waals surface area (Å²) in [5.41, 5.74) is 1.93. The molecule has 0 amide bonds. The van der Waals surface area contributed by atoms with Crippen LogP contribution in [0.5, 0.6) is 17.2 Å². The Labute approximate surface area is 197 Å². The Hall–Kier alpha value is -2.99. The fourth-order valence-corrected chi connectivity index (χ4v) is 3.19. The second-order valence-electron chi connectivity index (χ2n) is 7.50. The van der Waals surface area contributed by atoms with Gasteiger partial charge in [-0.3, -0.25) is 0 Å². The van der Waals surface area contributed by atoms with E-state index in [9.17, 15) is 4.79 Å². The Balaban J connectivity index is 1.93. The Morgan fingerprint density at radius 1 is 1.00 bits per heavy atom. The molecule has 6 nitrogen and oxygen atoms in total. The standard InChI is InChI=1S/C27H36O6/c1-5-8-9-17-31-23-13-10-21(11-14-23)16-18-32-24-15-12-22(19-25(24)29-4)26(20-30-7-3)33-27(28)6-2/h6,10-15,19,26H,2,5,7-9,16-18,20H2,1,3-4H3. The van der Waals surface area contributed by atoms with Crippen molar-refractivity contribution >= 4 is 5.97 Å². The van der Waals surface area contributed by atoms with Crippen LogP contribution in [0.1, 0.15) is 50.3 Å². The fourth-order valence-electron chi connectivity index (χ4n) is 3.19. The van der Waals surface area contributed by atoms with E-state index in [4.69, 9.17) is 23.7 Å². The van der Waals surface area contributed by atoms with E-state index in [-0.39, 0.29) is 6.61 Å². The van der Waals surface area contributed by atoms with Crippen molar-refractivity contribution in [2.75, 3.05) is 33.5 Å². The molecule has 180 valence electrons. The van der Waals surface area contributed by atoms with Gasteiger partial charge in [-0.25, -0.2) is 4.79 Å². The van der Waals surface area contributed by atoms with Gasteiger partial charge in [0.25, 0.3) is 0 Å². The topological polar surface area (TPSA) is 63.2 Å². The quantitative estimate of drug-likeness (QED) is 0.184. The molecular weight excluding hydrogens is 420 g/mol. The van der Waals surface area contributed by atoms with Gasteiger partial charge in [0, 0.05) is 19.1 Å². The largest absolute Gasteiger partial charge is 0.494 e. The number of carbonyl (C=O) groups excluding carboxylic acids is 1. The number of rotatable bonds is 16. The molecule has 0 heterocycles. The molecular formula is C27H36O6. The SMILES string of the molecule is C=CC(=O)OC(COCC)c1ccc(OCCc2ccc(OCCCCC)cc2)c(OC)c1. The average Bonchev–Trinajstić information content (AvgIpc) is 2.85. The lowest BCUT2D eigenvalue weighted by molar-refractivity contribution is -0.146. The maximum Gasteiger partial charge on any atom is 0.330 e. The summed E-state index contributed by atoms with van der Waals surface area (Å²) in [4.78, 5) is 11.7. The van der Waals surface area contributed by atoms with Crippen molar-refractivity contribution in [3.63, 3.8) is 0 Å². The van der Waals surface area contributed by atoms with Crippen molar-refractivity contribution in [1.29, 1.82) is 0 Å². The molecule has 1 unspecified atom stereocenters. The second-order valence-corrected chi connectivity index (χ2v) is 7.50. The van der Waals surface area contributed by atoms with E-state index in [1.165, 1.54) is 18.4 Å². The molecule has 0 saturated heterocycles. The van der Waals surface area contributed by atoms with Gasteiger partial charge in [0.1, 0.15) is 5.75 Å². The minimum Gasteiger partial charge on any atom is -0.494 e. The van der Waals surface area contributed by atoms with Crippen LogP contribution in [0.15, 0.2) is 55.1 Å². The minimum absolute atomic E-state index is 0.248. The van der Waals surface area contributed by atoms with Crippen LogP contribution in [0.3, 0.4) is 0 Å². The number of carbonyl (C=O) groups is 1. The van der Waals surface area contributed by atoms with Gasteiger partial charge in [-0.05, 0) is 48.7 Å². The van der Waals surface area contributed by atoms with Gasteiger partial charge in [-0.15, -0.1) is 0 Å².